The second-order valence-electron chi connectivity index (χ2n) is 8.65. The van der Waals surface area contributed by atoms with Crippen LogP contribution in [-0.2, 0) is 27.4 Å². The van der Waals surface area contributed by atoms with Gasteiger partial charge in [-0.2, -0.15) is 0 Å². The highest BCUT2D eigenvalue weighted by Gasteiger charge is 2.40. The van der Waals surface area contributed by atoms with E-state index in [-0.39, 0.29) is 35.7 Å². The predicted molar refractivity (Wildman–Crippen MR) is 151 cm³/mol. The first kappa shape index (κ1) is 27.8. The zero-order chi connectivity index (χ0) is 27.9. The maximum atomic E-state index is 14.0. The van der Waals surface area contributed by atoms with E-state index in [1.54, 1.807) is 42.5 Å². The molecule has 4 rings (SSSR count). The van der Waals surface area contributed by atoms with E-state index in [1.807, 2.05) is 38.1 Å². The number of ether oxygens (including phenoxy) is 3. The van der Waals surface area contributed by atoms with Gasteiger partial charge < -0.3 is 19.1 Å². The molecule has 3 aromatic carbocycles. The van der Waals surface area contributed by atoms with Crippen LogP contribution in [0.5, 0.6) is 11.5 Å². The fraction of sp³-hybridized carbons (Fsp3) is 0.233. The zero-order valence-corrected chi connectivity index (χ0v) is 22.8. The van der Waals surface area contributed by atoms with Crippen LogP contribution in [0, 0.1) is 5.82 Å². The van der Waals surface area contributed by atoms with Gasteiger partial charge in [0.1, 0.15) is 24.7 Å². The molecule has 0 spiro atoms. The number of methoxy groups -OCH3 is 1. The van der Waals surface area contributed by atoms with Gasteiger partial charge in [0.25, 0.3) is 5.91 Å². The molecule has 202 valence electrons. The average molecular weight is 549 g/mol. The van der Waals surface area contributed by atoms with Crippen molar-refractivity contribution in [2.24, 2.45) is 0 Å². The standard InChI is InChI=1S/C30H29FN2O5S/c1-4-20-10-13-23(14-11-20)33-29(35)25(32(30(33)39)18-28(34)36-3)16-21-12-15-26(27(17-21)37-5-2)38-19-22-8-6-7-9-24(22)31/h6-17H,4-5,18-19H2,1-3H3. The Hall–Kier alpha value is -4.24. The molecule has 1 aliphatic rings. The van der Waals surface area contributed by atoms with E-state index in [9.17, 15) is 14.0 Å². The van der Waals surface area contributed by atoms with Gasteiger partial charge in [-0.3, -0.25) is 14.5 Å². The van der Waals surface area contributed by atoms with Crippen molar-refractivity contribution >= 4 is 41.0 Å². The fourth-order valence-electron chi connectivity index (χ4n) is 4.07. The quantitative estimate of drug-likeness (QED) is 0.188. The van der Waals surface area contributed by atoms with Crippen LogP contribution in [0.3, 0.4) is 0 Å². The summed E-state index contributed by atoms with van der Waals surface area (Å²) in [6.45, 7) is 4.06. The molecule has 1 heterocycles. The summed E-state index contributed by atoms with van der Waals surface area (Å²) in [4.78, 5) is 28.7. The van der Waals surface area contributed by atoms with Crippen molar-refractivity contribution in [3.8, 4) is 11.5 Å². The first-order chi connectivity index (χ1) is 18.9. The molecule has 0 aliphatic carbocycles. The number of hydrogen-bond acceptors (Lipinski definition) is 6. The van der Waals surface area contributed by atoms with Gasteiger partial charge >= 0.3 is 5.97 Å². The number of rotatable bonds is 10. The molecule has 0 bridgehead atoms. The number of carbonyl (C=O) groups excluding carboxylic acids is 2. The van der Waals surface area contributed by atoms with Crippen LogP contribution in [0.15, 0.2) is 72.4 Å². The van der Waals surface area contributed by atoms with Crippen LogP contribution in [0.25, 0.3) is 6.08 Å². The van der Waals surface area contributed by atoms with Gasteiger partial charge in [-0.25, -0.2) is 4.39 Å². The highest BCUT2D eigenvalue weighted by molar-refractivity contribution is 7.80. The fourth-order valence-corrected chi connectivity index (χ4v) is 4.42. The second kappa shape index (κ2) is 12.5. The van der Waals surface area contributed by atoms with Crippen LogP contribution in [-0.4, -0.2) is 42.2 Å². The Kier molecular flexibility index (Phi) is 8.93. The van der Waals surface area contributed by atoms with Crippen molar-refractivity contribution in [1.82, 2.24) is 4.90 Å². The summed E-state index contributed by atoms with van der Waals surface area (Å²) in [5.41, 5.74) is 2.99. The lowest BCUT2D eigenvalue weighted by Crippen LogP contribution is -2.35. The Labute approximate surface area is 232 Å². The van der Waals surface area contributed by atoms with E-state index in [4.69, 9.17) is 26.4 Å². The zero-order valence-electron chi connectivity index (χ0n) is 22.0. The maximum absolute atomic E-state index is 14.0. The topological polar surface area (TPSA) is 68.3 Å². The average Bonchev–Trinajstić information content (AvgIpc) is 3.17. The molecule has 1 saturated heterocycles. The summed E-state index contributed by atoms with van der Waals surface area (Å²) in [6.07, 6.45) is 2.50. The number of aryl methyl sites for hydroxylation is 1. The molecule has 0 aromatic heterocycles. The van der Waals surface area contributed by atoms with Crippen LogP contribution in [0.4, 0.5) is 10.1 Å². The molecule has 7 nitrogen and oxygen atoms in total. The van der Waals surface area contributed by atoms with Gasteiger partial charge in [-0.05, 0) is 73.1 Å². The van der Waals surface area contributed by atoms with Gasteiger partial charge in [0.2, 0.25) is 0 Å². The van der Waals surface area contributed by atoms with E-state index in [0.29, 0.717) is 34.9 Å². The van der Waals surface area contributed by atoms with Crippen molar-refractivity contribution < 1.29 is 28.2 Å². The largest absolute Gasteiger partial charge is 0.490 e. The number of anilines is 1. The van der Waals surface area contributed by atoms with Gasteiger partial charge in [-0.15, -0.1) is 0 Å². The normalized spacial score (nSPS) is 14.2. The SMILES string of the molecule is CCOc1cc(C=C2C(=O)N(c3ccc(CC)cc3)C(=S)N2CC(=O)OC)ccc1OCc1ccccc1F. The van der Waals surface area contributed by atoms with E-state index in [1.165, 1.54) is 23.0 Å². The number of thiocarbonyl (C=S) groups is 1. The third-order valence-electron chi connectivity index (χ3n) is 6.16. The van der Waals surface area contributed by atoms with Crippen molar-refractivity contribution in [2.75, 3.05) is 25.2 Å². The third kappa shape index (κ3) is 6.26. The number of hydrogen-bond donors (Lipinski definition) is 0. The number of carbonyl (C=O) groups is 2. The predicted octanol–water partition coefficient (Wildman–Crippen LogP) is 5.51. The lowest BCUT2D eigenvalue weighted by molar-refractivity contribution is -0.140. The first-order valence-corrected chi connectivity index (χ1v) is 12.9. The molecule has 0 saturated carbocycles. The molecule has 3 aromatic rings. The van der Waals surface area contributed by atoms with Crippen molar-refractivity contribution in [3.05, 3.63) is 94.9 Å². The van der Waals surface area contributed by atoms with E-state index < -0.39 is 5.97 Å². The van der Waals surface area contributed by atoms with Crippen LogP contribution >= 0.6 is 12.2 Å². The summed E-state index contributed by atoms with van der Waals surface area (Å²) in [7, 11) is 1.28. The minimum atomic E-state index is -0.536. The smallest absolute Gasteiger partial charge is 0.325 e. The highest BCUT2D eigenvalue weighted by atomic mass is 32.1. The van der Waals surface area contributed by atoms with E-state index in [0.717, 1.165) is 12.0 Å². The summed E-state index contributed by atoms with van der Waals surface area (Å²) in [5, 5.41) is 0.177. The Morgan fingerprint density at radius 1 is 1.00 bits per heavy atom. The van der Waals surface area contributed by atoms with Crippen LogP contribution in [0.1, 0.15) is 30.5 Å². The third-order valence-corrected chi connectivity index (χ3v) is 6.57. The highest BCUT2D eigenvalue weighted by Crippen LogP contribution is 2.33. The van der Waals surface area contributed by atoms with Crippen LogP contribution < -0.4 is 14.4 Å². The molecule has 9 heteroatoms. The van der Waals surface area contributed by atoms with Gasteiger partial charge in [0, 0.05) is 5.56 Å². The van der Waals surface area contributed by atoms with Crippen molar-refractivity contribution in [2.45, 2.75) is 26.9 Å². The first-order valence-electron chi connectivity index (χ1n) is 12.5. The molecule has 0 N–H and O–H groups in total. The summed E-state index contributed by atoms with van der Waals surface area (Å²) in [6, 6.07) is 19.1. The minimum absolute atomic E-state index is 0.0264. The summed E-state index contributed by atoms with van der Waals surface area (Å²) >= 11 is 5.63. The molecular formula is C30H29FN2O5S. The lowest BCUT2D eigenvalue weighted by Gasteiger charge is -2.19. The number of benzene rings is 3. The van der Waals surface area contributed by atoms with Crippen LogP contribution in [0.2, 0.25) is 0 Å². The summed E-state index contributed by atoms with van der Waals surface area (Å²) < 4.78 is 30.5. The molecule has 0 unspecified atom stereocenters. The molecule has 0 radical (unpaired) electrons. The maximum Gasteiger partial charge on any atom is 0.325 e. The van der Waals surface area contributed by atoms with Crippen molar-refractivity contribution in [1.29, 1.82) is 0 Å². The lowest BCUT2D eigenvalue weighted by atomic mass is 10.1. The Morgan fingerprint density at radius 3 is 2.41 bits per heavy atom. The van der Waals surface area contributed by atoms with E-state index in [2.05, 4.69) is 0 Å². The number of esters is 1. The van der Waals surface area contributed by atoms with E-state index >= 15 is 0 Å². The Morgan fingerprint density at radius 2 is 1.74 bits per heavy atom. The minimum Gasteiger partial charge on any atom is -0.490 e. The van der Waals surface area contributed by atoms with Gasteiger partial charge in [0.05, 0.1) is 19.4 Å². The Balaban J connectivity index is 1.67. The molecule has 1 amide bonds. The van der Waals surface area contributed by atoms with Gasteiger partial charge in [0.15, 0.2) is 16.6 Å². The number of nitrogens with zero attached hydrogens (tertiary/aromatic N) is 2. The Bertz CT molecular complexity index is 1410. The monoisotopic (exact) mass is 548 g/mol. The molecular weight excluding hydrogens is 519 g/mol. The van der Waals surface area contributed by atoms with Gasteiger partial charge in [-0.1, -0.05) is 43.3 Å². The van der Waals surface area contributed by atoms with Crippen molar-refractivity contribution in [3.63, 3.8) is 0 Å². The molecule has 0 atom stereocenters. The second-order valence-corrected chi connectivity index (χ2v) is 9.02. The molecule has 1 aliphatic heterocycles. The molecule has 1 fully saturated rings. The summed E-state index contributed by atoms with van der Waals surface area (Å²) in [5.74, 6) is -0.397. The number of halogens is 1. The molecule has 39 heavy (non-hydrogen) atoms. The number of amides is 1.